The van der Waals surface area contributed by atoms with Crippen LogP contribution in [0.25, 0.3) is 11.1 Å². The smallest absolute Gasteiger partial charge is 0.303 e. The van der Waals surface area contributed by atoms with Crippen LogP contribution < -0.4 is 0 Å². The lowest BCUT2D eigenvalue weighted by atomic mass is 9.93. The molecule has 0 aliphatic carbocycles. The quantitative estimate of drug-likeness (QED) is 0.138. The summed E-state index contributed by atoms with van der Waals surface area (Å²) >= 11 is 0. The first-order valence-electron chi connectivity index (χ1n) is 10.5. The molecule has 0 amide bonds. The molecule has 0 atom stereocenters. The third-order valence-corrected chi connectivity index (χ3v) is 5.00. The molecule has 0 heterocycles. The number of rotatable bonds is 10. The standard InChI is InChI=1S/C26H32N2/c1-4-5-6-7-8-9-12-23(20-28-27)19-26(24-16-14-21(2)15-17-24)25-13-10-11-22(3)18-25/h10-11,13-19H,4-9,12H2,1-3H3. The van der Waals surface area contributed by atoms with Crippen molar-refractivity contribution in [3.8, 4) is 0 Å². The molecule has 0 spiro atoms. The van der Waals surface area contributed by atoms with Gasteiger partial charge in [0.25, 0.3) is 0 Å². The number of unbranched alkanes of at least 4 members (excludes halogenated alkanes) is 5. The molecule has 2 nitrogen and oxygen atoms in total. The summed E-state index contributed by atoms with van der Waals surface area (Å²) in [7, 11) is 0. The van der Waals surface area contributed by atoms with Crippen LogP contribution in [0.1, 0.15) is 74.1 Å². The van der Waals surface area contributed by atoms with E-state index in [4.69, 9.17) is 5.53 Å². The van der Waals surface area contributed by atoms with Crippen molar-refractivity contribution in [1.82, 2.24) is 0 Å². The van der Waals surface area contributed by atoms with Crippen LogP contribution in [-0.2, 0) is 0 Å². The van der Waals surface area contributed by atoms with E-state index in [0.717, 1.165) is 29.6 Å². The van der Waals surface area contributed by atoms with Crippen LogP contribution in [0.5, 0.6) is 0 Å². The zero-order valence-electron chi connectivity index (χ0n) is 17.5. The summed E-state index contributed by atoms with van der Waals surface area (Å²) in [5.74, 6) is 2.80. The van der Waals surface area contributed by atoms with Crippen LogP contribution in [0.3, 0.4) is 0 Å². The monoisotopic (exact) mass is 372 g/mol. The summed E-state index contributed by atoms with van der Waals surface area (Å²) in [5, 5.41) is 0. The molecular formula is C26H32N2. The highest BCUT2D eigenvalue weighted by Crippen LogP contribution is 2.27. The second-order valence-electron chi connectivity index (χ2n) is 7.55. The van der Waals surface area contributed by atoms with Crippen molar-refractivity contribution in [2.45, 2.75) is 65.7 Å². The average molecular weight is 373 g/mol. The van der Waals surface area contributed by atoms with E-state index >= 15 is 0 Å². The van der Waals surface area contributed by atoms with Crippen LogP contribution in [0.2, 0.25) is 0 Å². The first-order chi connectivity index (χ1) is 13.6. The Morgan fingerprint density at radius 2 is 1.61 bits per heavy atom. The van der Waals surface area contributed by atoms with Crippen LogP contribution in [0.4, 0.5) is 0 Å². The molecule has 0 saturated carbocycles. The van der Waals surface area contributed by atoms with Crippen LogP contribution in [-0.4, -0.2) is 10.7 Å². The fourth-order valence-corrected chi connectivity index (χ4v) is 3.37. The molecule has 0 aromatic heterocycles. The summed E-state index contributed by atoms with van der Waals surface area (Å²) in [6.07, 6.45) is 10.4. The van der Waals surface area contributed by atoms with Crippen LogP contribution in [0.15, 0.2) is 60.2 Å². The lowest BCUT2D eigenvalue weighted by molar-refractivity contribution is 0.00746. The Kier molecular flexibility index (Phi) is 9.22. The Morgan fingerprint density at radius 3 is 2.29 bits per heavy atom. The zero-order valence-corrected chi connectivity index (χ0v) is 17.5. The van der Waals surface area contributed by atoms with Crippen molar-refractivity contribution in [2.75, 3.05) is 0 Å². The number of benzene rings is 2. The van der Waals surface area contributed by atoms with Gasteiger partial charge in [-0.1, -0.05) is 98.7 Å². The molecule has 0 radical (unpaired) electrons. The van der Waals surface area contributed by atoms with Crippen LogP contribution in [0, 0.1) is 13.8 Å². The van der Waals surface area contributed by atoms with Crippen molar-refractivity contribution in [3.63, 3.8) is 0 Å². The third-order valence-electron chi connectivity index (χ3n) is 5.00. The molecular weight excluding hydrogens is 340 g/mol. The van der Waals surface area contributed by atoms with Gasteiger partial charge >= 0.3 is 5.87 Å². The summed E-state index contributed by atoms with van der Waals surface area (Å²) in [6.45, 7) is 6.45. The summed E-state index contributed by atoms with van der Waals surface area (Å²) in [5.41, 5.74) is 16.0. The molecule has 0 fully saturated rings. The Bertz CT molecular complexity index is 862. The first kappa shape index (κ1) is 21.6. The molecule has 146 valence electrons. The average Bonchev–Trinajstić information content (AvgIpc) is 2.69. The van der Waals surface area contributed by atoms with Gasteiger partial charge < -0.3 is 5.53 Å². The van der Waals surface area contributed by atoms with E-state index in [1.54, 1.807) is 0 Å². The molecule has 0 N–H and O–H groups in total. The number of allylic oxidation sites excluding steroid dienone is 2. The highest BCUT2D eigenvalue weighted by molar-refractivity contribution is 5.83. The maximum Gasteiger partial charge on any atom is 0.303 e. The van der Waals surface area contributed by atoms with Gasteiger partial charge in [-0.05, 0) is 49.5 Å². The predicted molar refractivity (Wildman–Crippen MR) is 120 cm³/mol. The molecule has 2 rings (SSSR count). The molecule has 0 aliphatic heterocycles. The lowest BCUT2D eigenvalue weighted by Gasteiger charge is -2.10. The maximum atomic E-state index is 9.11. The van der Waals surface area contributed by atoms with Gasteiger partial charge in [0.15, 0.2) is 0 Å². The summed E-state index contributed by atoms with van der Waals surface area (Å²) < 4.78 is 0. The Hall–Kier alpha value is -2.66. The van der Waals surface area contributed by atoms with Gasteiger partial charge in [0, 0.05) is 0 Å². The SMILES string of the molecule is CCCCCCCCC(=C=[N+]=[N-])C=C(c1ccc(C)cc1)c1cccc(C)c1. The van der Waals surface area contributed by atoms with E-state index in [9.17, 15) is 0 Å². The van der Waals surface area contributed by atoms with Gasteiger partial charge in [-0.3, -0.25) is 0 Å². The summed E-state index contributed by atoms with van der Waals surface area (Å²) in [6, 6.07) is 17.1. The normalized spacial score (nSPS) is 11.0. The van der Waals surface area contributed by atoms with Crippen molar-refractivity contribution in [1.29, 1.82) is 0 Å². The largest absolute Gasteiger partial charge is 0.348 e. The highest BCUT2D eigenvalue weighted by Gasteiger charge is 2.08. The van der Waals surface area contributed by atoms with Crippen molar-refractivity contribution in [2.24, 2.45) is 0 Å². The second-order valence-corrected chi connectivity index (χ2v) is 7.55. The van der Waals surface area contributed by atoms with Gasteiger partial charge in [0.05, 0.1) is 5.57 Å². The van der Waals surface area contributed by atoms with Gasteiger partial charge in [-0.2, -0.15) is 0 Å². The Morgan fingerprint density at radius 1 is 0.893 bits per heavy atom. The maximum absolute atomic E-state index is 9.11. The van der Waals surface area contributed by atoms with Crippen molar-refractivity contribution in [3.05, 3.63) is 88.0 Å². The molecule has 28 heavy (non-hydrogen) atoms. The number of hydrogen-bond acceptors (Lipinski definition) is 0. The van der Waals surface area contributed by atoms with E-state index in [1.165, 1.54) is 48.8 Å². The Balaban J connectivity index is 2.29. The molecule has 0 unspecified atom stereocenters. The number of hydrogen-bond donors (Lipinski definition) is 0. The van der Waals surface area contributed by atoms with Crippen molar-refractivity contribution >= 4 is 11.4 Å². The molecule has 2 heteroatoms. The molecule has 2 aromatic carbocycles. The van der Waals surface area contributed by atoms with Crippen LogP contribution >= 0.6 is 0 Å². The molecule has 0 aliphatic rings. The minimum atomic E-state index is 0.872. The van der Waals surface area contributed by atoms with Gasteiger partial charge in [-0.15, -0.1) is 4.79 Å². The van der Waals surface area contributed by atoms with E-state index in [1.807, 2.05) is 0 Å². The minimum absolute atomic E-state index is 0.872. The molecule has 0 saturated heterocycles. The predicted octanol–water partition coefficient (Wildman–Crippen LogP) is 7.31. The lowest BCUT2D eigenvalue weighted by Crippen LogP contribution is -1.92. The van der Waals surface area contributed by atoms with E-state index < -0.39 is 0 Å². The zero-order chi connectivity index (χ0) is 20.2. The van der Waals surface area contributed by atoms with Gasteiger partial charge in [0.1, 0.15) is 0 Å². The highest BCUT2D eigenvalue weighted by atomic mass is 14.8. The molecule has 0 bridgehead atoms. The van der Waals surface area contributed by atoms with Crippen molar-refractivity contribution < 1.29 is 4.79 Å². The van der Waals surface area contributed by atoms with E-state index in [-0.39, 0.29) is 0 Å². The minimum Gasteiger partial charge on any atom is -0.348 e. The van der Waals surface area contributed by atoms with E-state index in [2.05, 4.69) is 86.0 Å². The topological polar surface area (TPSA) is 36.4 Å². The number of nitrogens with zero attached hydrogens (tertiary/aromatic N) is 2. The molecule has 2 aromatic rings. The first-order valence-corrected chi connectivity index (χ1v) is 10.5. The van der Waals surface area contributed by atoms with Gasteiger partial charge in [-0.25, -0.2) is 0 Å². The van der Waals surface area contributed by atoms with Gasteiger partial charge in [0.2, 0.25) is 0 Å². The fourth-order valence-electron chi connectivity index (χ4n) is 3.37. The fraction of sp³-hybridized carbons (Fsp3) is 0.385. The third kappa shape index (κ3) is 7.16. The van der Waals surface area contributed by atoms with E-state index in [0.29, 0.717) is 0 Å². The Labute approximate surface area is 170 Å². The summed E-state index contributed by atoms with van der Waals surface area (Å²) in [4.78, 5) is 3.20. The second kappa shape index (κ2) is 11.9. The number of aryl methyl sites for hydroxylation is 2.